The van der Waals surface area contributed by atoms with Crippen LogP contribution in [0.2, 0.25) is 0 Å². The van der Waals surface area contributed by atoms with Crippen molar-refractivity contribution in [1.82, 2.24) is 0 Å². The van der Waals surface area contributed by atoms with Gasteiger partial charge in [-0.1, -0.05) is 0 Å². The van der Waals surface area contributed by atoms with Gasteiger partial charge in [0.25, 0.3) is 0 Å². The van der Waals surface area contributed by atoms with Crippen molar-refractivity contribution in [2.45, 2.75) is 13.3 Å². The summed E-state index contributed by atoms with van der Waals surface area (Å²) in [6.45, 7) is 1.20. The maximum atomic E-state index is 8.89. The molecule has 0 unspecified atom stereocenters. The molecule has 0 saturated heterocycles. The van der Waals surface area contributed by atoms with Gasteiger partial charge in [0.15, 0.2) is 0 Å². The summed E-state index contributed by atoms with van der Waals surface area (Å²) in [5, 5.41) is 17.0. The molecule has 0 rings (SSSR count). The Kier molecular flexibility index (Phi) is 13.1. The average Bonchev–Trinajstić information content (AvgIpc) is 1.82. The molecule has 0 bridgehead atoms. The van der Waals surface area contributed by atoms with E-state index in [1.54, 1.807) is 6.20 Å². The molecule has 0 aliphatic heterocycles. The van der Waals surface area contributed by atoms with Crippen LogP contribution in [0.15, 0.2) is 12.3 Å². The minimum atomic E-state index is -1.08. The normalized spacial score (nSPS) is 8.70. The molecule has 0 radical (unpaired) electrons. The molecular formula is C6H13NO3. The zero-order valence-electron chi connectivity index (χ0n) is 6.04. The van der Waals surface area contributed by atoms with Gasteiger partial charge in [-0.25, -0.2) is 0 Å². The molecule has 60 valence electrons. The number of carboxylic acid groups (broad SMARTS) is 1. The van der Waals surface area contributed by atoms with E-state index in [9.17, 15) is 0 Å². The van der Waals surface area contributed by atoms with Crippen molar-refractivity contribution in [2.24, 2.45) is 0 Å². The predicted octanol–water partition coefficient (Wildman–Crippen LogP) is -2.12. The van der Waals surface area contributed by atoms with Gasteiger partial charge < -0.3 is 20.7 Å². The highest BCUT2D eigenvalue weighted by molar-refractivity contribution is 5.60. The highest BCUT2D eigenvalue weighted by Crippen LogP contribution is 1.71. The van der Waals surface area contributed by atoms with Gasteiger partial charge in [0.2, 0.25) is 0 Å². The van der Waals surface area contributed by atoms with Crippen LogP contribution in [-0.2, 0) is 4.79 Å². The van der Waals surface area contributed by atoms with Crippen LogP contribution in [0.4, 0.5) is 0 Å². The van der Waals surface area contributed by atoms with Crippen LogP contribution in [0.25, 0.3) is 0 Å². The Balaban J connectivity index is 0. The summed E-state index contributed by atoms with van der Waals surface area (Å²) in [4.78, 5) is 8.89. The predicted molar refractivity (Wildman–Crippen MR) is 34.4 cm³/mol. The molecule has 0 fully saturated rings. The fourth-order valence-electron chi connectivity index (χ4n) is 0.192. The number of hydrogen-bond acceptors (Lipinski definition) is 3. The second kappa shape index (κ2) is 11.0. The van der Waals surface area contributed by atoms with Gasteiger partial charge in [0.1, 0.15) is 0 Å². The second-order valence-electron chi connectivity index (χ2n) is 1.48. The number of rotatable bonds is 2. The number of hydrogen-bond donors (Lipinski definition) is 2. The summed E-state index contributed by atoms with van der Waals surface area (Å²) in [5.74, 6) is -1.08. The highest BCUT2D eigenvalue weighted by Gasteiger charge is 1.68. The van der Waals surface area contributed by atoms with Crippen LogP contribution in [0.5, 0.6) is 0 Å². The summed E-state index contributed by atoms with van der Waals surface area (Å²) < 4.78 is 0. The second-order valence-corrected chi connectivity index (χ2v) is 1.48. The minimum Gasteiger partial charge on any atom is -0.550 e. The number of aliphatic carboxylic acids is 1. The van der Waals surface area contributed by atoms with E-state index in [1.165, 1.54) is 0 Å². The third-order valence-electron chi connectivity index (χ3n) is 0.462. The Bertz CT molecular complexity index is 97.2. The van der Waals surface area contributed by atoms with Crippen molar-refractivity contribution < 1.29 is 20.7 Å². The summed E-state index contributed by atoms with van der Waals surface area (Å²) in [6.07, 6.45) is 4.22. The first-order valence-corrected chi connectivity index (χ1v) is 2.87. The van der Waals surface area contributed by atoms with E-state index in [0.717, 1.165) is 13.3 Å². The summed E-state index contributed by atoms with van der Waals surface area (Å²) in [5.41, 5.74) is 3.43. The molecule has 0 spiro atoms. The quantitative estimate of drug-likeness (QED) is 0.468. The molecule has 0 amide bonds. The van der Waals surface area contributed by atoms with E-state index in [0.29, 0.717) is 0 Å². The zero-order chi connectivity index (χ0) is 8.41. The molecule has 0 aliphatic rings. The fraction of sp³-hybridized carbons (Fsp3) is 0.500. The van der Waals surface area contributed by atoms with Crippen molar-refractivity contribution in [3.63, 3.8) is 0 Å². The lowest BCUT2D eigenvalue weighted by Gasteiger charge is -1.77. The largest absolute Gasteiger partial charge is 0.550 e. The van der Waals surface area contributed by atoms with Crippen molar-refractivity contribution in [3.8, 4) is 0 Å². The number of quaternary nitrogens is 1. The molecule has 4 heteroatoms. The highest BCUT2D eigenvalue weighted by atomic mass is 16.4. The van der Waals surface area contributed by atoms with Crippen molar-refractivity contribution >= 4 is 5.97 Å². The van der Waals surface area contributed by atoms with Gasteiger partial charge in [0, 0.05) is 12.6 Å². The molecule has 0 atom stereocenters. The van der Waals surface area contributed by atoms with Crippen LogP contribution >= 0.6 is 0 Å². The molecular weight excluding hydrogens is 134 g/mol. The summed E-state index contributed by atoms with van der Waals surface area (Å²) in [7, 11) is 0. The van der Waals surface area contributed by atoms with Gasteiger partial charge in [0.05, 0.1) is 6.20 Å². The maximum Gasteiger partial charge on any atom is 0.0869 e. The van der Waals surface area contributed by atoms with Crippen molar-refractivity contribution in [3.05, 3.63) is 12.3 Å². The summed E-state index contributed by atoms with van der Waals surface area (Å²) >= 11 is 0. The number of aliphatic hydroxyl groups is 1. The molecule has 4 N–H and O–H groups in total. The Morgan fingerprint density at radius 2 is 2.20 bits per heavy atom. The van der Waals surface area contributed by atoms with Crippen LogP contribution in [0, 0.1) is 0 Å². The van der Waals surface area contributed by atoms with Crippen molar-refractivity contribution in [2.75, 3.05) is 6.61 Å². The Hall–Kier alpha value is -0.870. The first kappa shape index (κ1) is 11.9. The first-order chi connectivity index (χ1) is 4.65. The average molecular weight is 147 g/mol. The number of carboxylic acids is 1. The van der Waals surface area contributed by atoms with E-state index in [2.05, 4.69) is 5.73 Å². The first-order valence-electron chi connectivity index (χ1n) is 2.87. The molecule has 0 aliphatic carbocycles. The lowest BCUT2D eigenvalue weighted by atomic mass is 10.4. The fourth-order valence-corrected chi connectivity index (χ4v) is 0.192. The molecule has 0 heterocycles. The lowest BCUT2D eigenvalue weighted by Crippen LogP contribution is -2.39. The minimum absolute atomic E-state index is 0.228. The smallest absolute Gasteiger partial charge is 0.0869 e. The van der Waals surface area contributed by atoms with Crippen LogP contribution in [0.1, 0.15) is 13.3 Å². The van der Waals surface area contributed by atoms with E-state index >= 15 is 0 Å². The third-order valence-corrected chi connectivity index (χ3v) is 0.462. The van der Waals surface area contributed by atoms with Gasteiger partial charge in [-0.15, -0.1) is 0 Å². The zero-order valence-corrected chi connectivity index (χ0v) is 6.04. The van der Waals surface area contributed by atoms with Gasteiger partial charge in [-0.3, -0.25) is 0 Å². The van der Waals surface area contributed by atoms with Gasteiger partial charge in [-0.05, 0) is 19.4 Å². The monoisotopic (exact) mass is 147 g/mol. The Labute approximate surface area is 60.0 Å². The molecule has 0 aromatic heterocycles. The van der Waals surface area contributed by atoms with E-state index in [1.807, 2.05) is 6.08 Å². The third kappa shape index (κ3) is 59.1. The van der Waals surface area contributed by atoms with Crippen molar-refractivity contribution in [1.29, 1.82) is 0 Å². The standard InChI is InChI=1S/C4H9NO.C2H4O2/c5-3-1-2-4-6;1-2(3)4/h1,3,6H,2,4-5H2;1H3,(H,3,4)/b3-1+;. The number of aliphatic hydroxyl groups excluding tert-OH is 1. The number of carbonyl (C=O) groups is 1. The summed E-state index contributed by atoms with van der Waals surface area (Å²) in [6, 6.07) is 0. The van der Waals surface area contributed by atoms with Crippen LogP contribution in [-0.4, -0.2) is 17.7 Å². The molecule has 0 aromatic rings. The van der Waals surface area contributed by atoms with E-state index in [-0.39, 0.29) is 6.61 Å². The topological polar surface area (TPSA) is 88.0 Å². The van der Waals surface area contributed by atoms with Gasteiger partial charge >= 0.3 is 0 Å². The van der Waals surface area contributed by atoms with Crippen LogP contribution < -0.4 is 10.8 Å². The van der Waals surface area contributed by atoms with E-state index in [4.69, 9.17) is 15.0 Å². The molecule has 0 aromatic carbocycles. The van der Waals surface area contributed by atoms with Crippen LogP contribution in [0.3, 0.4) is 0 Å². The number of carbonyl (C=O) groups excluding carboxylic acids is 1. The van der Waals surface area contributed by atoms with Gasteiger partial charge in [-0.2, -0.15) is 0 Å². The lowest BCUT2D eigenvalue weighted by molar-refractivity contribution is -0.302. The Morgan fingerprint density at radius 1 is 1.80 bits per heavy atom. The molecule has 0 saturated carbocycles. The Morgan fingerprint density at radius 3 is 2.30 bits per heavy atom. The molecule has 10 heavy (non-hydrogen) atoms. The molecule has 4 nitrogen and oxygen atoms in total. The van der Waals surface area contributed by atoms with E-state index < -0.39 is 5.97 Å². The maximum absolute atomic E-state index is 8.89. The SMILES string of the molecule is CC(=O)[O-].[NH3+]/C=C/CCO.